The number of hydrogen-bond donors (Lipinski definition) is 1. The van der Waals surface area contributed by atoms with Gasteiger partial charge in [0.25, 0.3) is 5.91 Å². The van der Waals surface area contributed by atoms with Gasteiger partial charge in [0.2, 0.25) is 0 Å². The van der Waals surface area contributed by atoms with Gasteiger partial charge in [0.1, 0.15) is 5.75 Å². The molecule has 0 fully saturated rings. The summed E-state index contributed by atoms with van der Waals surface area (Å²) in [4.78, 5) is 12.1. The molecule has 2 aromatic rings. The Kier molecular flexibility index (Phi) is 8.24. The maximum absolute atomic E-state index is 12.1. The number of nitrogens with one attached hydrogen (secondary N) is 1. The van der Waals surface area contributed by atoms with Gasteiger partial charge >= 0.3 is 0 Å². The van der Waals surface area contributed by atoms with E-state index in [1.165, 1.54) is 0 Å². The largest absolute Gasteiger partial charge is 0.492 e. The highest BCUT2D eigenvalue weighted by molar-refractivity contribution is 7.98. The Balaban J connectivity index is 1.76. The summed E-state index contributed by atoms with van der Waals surface area (Å²) >= 11 is 19.8. The molecule has 7 heteroatoms. The minimum absolute atomic E-state index is 0.157. The van der Waals surface area contributed by atoms with E-state index < -0.39 is 0 Å². The van der Waals surface area contributed by atoms with Crippen LogP contribution in [0, 0.1) is 0 Å². The Morgan fingerprint density at radius 2 is 1.92 bits per heavy atom. The fourth-order valence-electron chi connectivity index (χ4n) is 2.07. The molecule has 3 nitrogen and oxygen atoms in total. The average Bonchev–Trinajstić information content (AvgIpc) is 2.58. The third-order valence-corrected chi connectivity index (χ3v) is 5.19. The van der Waals surface area contributed by atoms with E-state index in [1.54, 1.807) is 36.0 Å². The quantitative estimate of drug-likeness (QED) is 0.558. The first kappa shape index (κ1) is 20.2. The third-order valence-electron chi connectivity index (χ3n) is 3.30. The Hall–Kier alpha value is -1.07. The molecule has 0 saturated heterocycles. The van der Waals surface area contributed by atoms with Gasteiger partial charge in [0.15, 0.2) is 0 Å². The molecule has 0 heterocycles. The van der Waals surface area contributed by atoms with Gasteiger partial charge in [-0.3, -0.25) is 4.79 Å². The van der Waals surface area contributed by atoms with Crippen LogP contribution in [0.2, 0.25) is 15.1 Å². The predicted molar refractivity (Wildman–Crippen MR) is 108 cm³/mol. The van der Waals surface area contributed by atoms with Crippen LogP contribution in [0.3, 0.4) is 0 Å². The van der Waals surface area contributed by atoms with E-state index in [1.807, 2.05) is 19.1 Å². The van der Waals surface area contributed by atoms with Crippen molar-refractivity contribution in [1.82, 2.24) is 5.32 Å². The lowest BCUT2D eigenvalue weighted by molar-refractivity contribution is 0.0956. The first-order chi connectivity index (χ1) is 12.0. The lowest BCUT2D eigenvalue weighted by Gasteiger charge is -2.09. The summed E-state index contributed by atoms with van der Waals surface area (Å²) in [5, 5.41) is 4.59. The van der Waals surface area contributed by atoms with E-state index >= 15 is 0 Å². The van der Waals surface area contributed by atoms with Crippen LogP contribution in [-0.2, 0) is 5.75 Å². The highest BCUT2D eigenvalue weighted by Crippen LogP contribution is 2.26. The van der Waals surface area contributed by atoms with E-state index in [2.05, 4.69) is 5.32 Å². The van der Waals surface area contributed by atoms with Crippen LogP contribution in [0.15, 0.2) is 36.4 Å². The standard InChI is InChI=1S/C18H18Cl3NO2S/c1-2-24-17-6-4-12(9-16(17)21)18(23)22-7-8-25-11-13-3-5-14(19)10-15(13)20/h3-6,9-10H,2,7-8,11H2,1H3,(H,22,23). The average molecular weight is 419 g/mol. The predicted octanol–water partition coefficient (Wildman–Crippen LogP) is 5.71. The zero-order chi connectivity index (χ0) is 18.2. The van der Waals surface area contributed by atoms with E-state index in [-0.39, 0.29) is 5.91 Å². The lowest BCUT2D eigenvalue weighted by Crippen LogP contribution is -2.25. The third kappa shape index (κ3) is 6.30. The van der Waals surface area contributed by atoms with Crippen molar-refractivity contribution in [3.05, 3.63) is 62.6 Å². The van der Waals surface area contributed by atoms with Gasteiger partial charge in [0.05, 0.1) is 11.6 Å². The van der Waals surface area contributed by atoms with Crippen LogP contribution in [0.25, 0.3) is 0 Å². The molecule has 0 spiro atoms. The van der Waals surface area contributed by atoms with Gasteiger partial charge < -0.3 is 10.1 Å². The lowest BCUT2D eigenvalue weighted by atomic mass is 10.2. The van der Waals surface area contributed by atoms with E-state index in [4.69, 9.17) is 39.5 Å². The summed E-state index contributed by atoms with van der Waals surface area (Å²) in [5.74, 6) is 1.96. The molecule has 134 valence electrons. The molecule has 0 aliphatic heterocycles. The second-order valence-corrected chi connectivity index (χ2v) is 7.48. The van der Waals surface area contributed by atoms with Gasteiger partial charge in [-0.25, -0.2) is 0 Å². The van der Waals surface area contributed by atoms with Gasteiger partial charge in [-0.15, -0.1) is 0 Å². The number of carbonyl (C=O) groups excluding carboxylic acids is 1. The van der Waals surface area contributed by atoms with Crippen molar-refractivity contribution in [1.29, 1.82) is 0 Å². The number of ether oxygens (including phenoxy) is 1. The molecule has 1 N–H and O–H groups in total. The SMILES string of the molecule is CCOc1ccc(C(=O)NCCSCc2ccc(Cl)cc2Cl)cc1Cl. The second kappa shape index (κ2) is 10.2. The maximum Gasteiger partial charge on any atom is 0.251 e. The van der Waals surface area contributed by atoms with Crippen molar-refractivity contribution in [3.8, 4) is 5.75 Å². The van der Waals surface area contributed by atoms with Crippen molar-refractivity contribution < 1.29 is 9.53 Å². The molecule has 25 heavy (non-hydrogen) atoms. The highest BCUT2D eigenvalue weighted by atomic mass is 35.5. The van der Waals surface area contributed by atoms with Crippen molar-refractivity contribution in [2.24, 2.45) is 0 Å². The number of halogens is 3. The minimum Gasteiger partial charge on any atom is -0.492 e. The molecular formula is C18H18Cl3NO2S. The summed E-state index contributed by atoms with van der Waals surface area (Å²) in [6, 6.07) is 10.5. The molecule has 1 amide bonds. The van der Waals surface area contributed by atoms with Crippen LogP contribution in [-0.4, -0.2) is 24.8 Å². The molecule has 0 bridgehead atoms. The van der Waals surface area contributed by atoms with E-state index in [0.717, 1.165) is 17.1 Å². The van der Waals surface area contributed by atoms with Crippen LogP contribution < -0.4 is 10.1 Å². The zero-order valence-electron chi connectivity index (χ0n) is 13.7. The molecule has 2 rings (SSSR count). The summed E-state index contributed by atoms with van der Waals surface area (Å²) in [6.45, 7) is 2.96. The summed E-state index contributed by atoms with van der Waals surface area (Å²) in [6.07, 6.45) is 0. The van der Waals surface area contributed by atoms with Crippen molar-refractivity contribution in [2.45, 2.75) is 12.7 Å². The van der Waals surface area contributed by atoms with Crippen molar-refractivity contribution >= 4 is 52.5 Å². The van der Waals surface area contributed by atoms with Crippen LogP contribution in [0.1, 0.15) is 22.8 Å². The zero-order valence-corrected chi connectivity index (χ0v) is 16.7. The molecule has 0 saturated carbocycles. The molecule has 0 atom stereocenters. The normalized spacial score (nSPS) is 10.6. The highest BCUT2D eigenvalue weighted by Gasteiger charge is 2.09. The van der Waals surface area contributed by atoms with Crippen molar-refractivity contribution in [3.63, 3.8) is 0 Å². The summed E-state index contributed by atoms with van der Waals surface area (Å²) < 4.78 is 5.36. The number of thioether (sulfide) groups is 1. The Morgan fingerprint density at radius 3 is 2.60 bits per heavy atom. The first-order valence-corrected chi connectivity index (χ1v) is 10.0. The summed E-state index contributed by atoms with van der Waals surface area (Å²) in [5.41, 5.74) is 1.54. The number of benzene rings is 2. The van der Waals surface area contributed by atoms with E-state index in [0.29, 0.717) is 39.5 Å². The van der Waals surface area contributed by atoms with E-state index in [9.17, 15) is 4.79 Å². The minimum atomic E-state index is -0.157. The van der Waals surface area contributed by atoms with Crippen LogP contribution in [0.5, 0.6) is 5.75 Å². The molecule has 0 aliphatic carbocycles. The molecule has 2 aromatic carbocycles. The molecule has 0 aliphatic rings. The Morgan fingerprint density at radius 1 is 1.12 bits per heavy atom. The monoisotopic (exact) mass is 417 g/mol. The fourth-order valence-corrected chi connectivity index (χ4v) is 3.73. The van der Waals surface area contributed by atoms with Gasteiger partial charge in [-0.1, -0.05) is 40.9 Å². The van der Waals surface area contributed by atoms with Gasteiger partial charge in [-0.2, -0.15) is 11.8 Å². The topological polar surface area (TPSA) is 38.3 Å². The van der Waals surface area contributed by atoms with Crippen LogP contribution >= 0.6 is 46.6 Å². The first-order valence-electron chi connectivity index (χ1n) is 7.73. The smallest absolute Gasteiger partial charge is 0.251 e. The fraction of sp³-hybridized carbons (Fsp3) is 0.278. The molecule has 0 aromatic heterocycles. The summed E-state index contributed by atoms with van der Waals surface area (Å²) in [7, 11) is 0. The number of rotatable bonds is 8. The second-order valence-electron chi connectivity index (χ2n) is 5.12. The van der Waals surface area contributed by atoms with Gasteiger partial charge in [0, 0.05) is 33.7 Å². The molecule has 0 radical (unpaired) electrons. The van der Waals surface area contributed by atoms with Crippen molar-refractivity contribution in [2.75, 3.05) is 18.9 Å². The maximum atomic E-state index is 12.1. The molecule has 0 unspecified atom stereocenters. The number of hydrogen-bond acceptors (Lipinski definition) is 3. The number of carbonyl (C=O) groups is 1. The number of amides is 1. The van der Waals surface area contributed by atoms with Gasteiger partial charge in [-0.05, 0) is 42.8 Å². The van der Waals surface area contributed by atoms with Crippen LogP contribution in [0.4, 0.5) is 0 Å². The Labute approximate surface area is 167 Å². The molecular weight excluding hydrogens is 401 g/mol. The Bertz CT molecular complexity index is 740.